The summed E-state index contributed by atoms with van der Waals surface area (Å²) in [6, 6.07) is 7.97. The zero-order valence-electron chi connectivity index (χ0n) is 12.3. The number of quaternary nitrogens is 1. The molecule has 0 amide bonds. The lowest BCUT2D eigenvalue weighted by molar-refractivity contribution is -0.894. The van der Waals surface area contributed by atoms with Crippen molar-refractivity contribution < 1.29 is 13.1 Å². The Hall–Kier alpha value is -0.910. The second kappa shape index (κ2) is 5.47. The van der Waals surface area contributed by atoms with Crippen LogP contribution in [0, 0.1) is 5.21 Å². The summed E-state index contributed by atoms with van der Waals surface area (Å²) in [6.45, 7) is 3.85. The van der Waals surface area contributed by atoms with Crippen LogP contribution in [0.5, 0.6) is 0 Å². The van der Waals surface area contributed by atoms with E-state index in [9.17, 15) is 13.6 Å². The molecule has 0 aromatic heterocycles. The molecule has 1 aliphatic rings. The van der Waals surface area contributed by atoms with Gasteiger partial charge in [-0.1, -0.05) is 31.5 Å². The molecule has 0 aliphatic carbocycles. The minimum Gasteiger partial charge on any atom is -0.633 e. The average molecular weight is 297 g/mol. The first-order valence-electron chi connectivity index (χ1n) is 7.17. The first-order chi connectivity index (χ1) is 9.31. The Kier molecular flexibility index (Phi) is 4.23. The van der Waals surface area contributed by atoms with Gasteiger partial charge in [0.05, 0.1) is 18.0 Å². The van der Waals surface area contributed by atoms with Crippen LogP contribution < -0.4 is 0 Å². The molecule has 112 valence electrons. The number of rotatable bonds is 4. The average Bonchev–Trinajstić information content (AvgIpc) is 2.64. The van der Waals surface area contributed by atoms with E-state index in [0.717, 1.165) is 6.42 Å². The van der Waals surface area contributed by atoms with Crippen molar-refractivity contribution in [3.8, 4) is 0 Å². The minimum atomic E-state index is -3.43. The molecule has 1 heterocycles. The van der Waals surface area contributed by atoms with Crippen LogP contribution in [0.15, 0.2) is 35.2 Å². The van der Waals surface area contributed by atoms with E-state index in [2.05, 4.69) is 0 Å². The van der Waals surface area contributed by atoms with Crippen LogP contribution in [-0.4, -0.2) is 37.4 Å². The van der Waals surface area contributed by atoms with Gasteiger partial charge in [0.15, 0.2) is 9.84 Å². The maximum Gasteiger partial charge on any atom is 0.187 e. The van der Waals surface area contributed by atoms with Crippen molar-refractivity contribution in [3.63, 3.8) is 0 Å². The van der Waals surface area contributed by atoms with Crippen molar-refractivity contribution in [2.75, 3.05) is 7.05 Å². The number of hydroxylamine groups is 3. The zero-order chi connectivity index (χ0) is 15.0. The van der Waals surface area contributed by atoms with Crippen LogP contribution in [0.2, 0.25) is 0 Å². The number of hydrogen-bond acceptors (Lipinski definition) is 3. The van der Waals surface area contributed by atoms with Gasteiger partial charge in [0.2, 0.25) is 0 Å². The van der Waals surface area contributed by atoms with Gasteiger partial charge in [0, 0.05) is 12.8 Å². The van der Waals surface area contributed by atoms with Gasteiger partial charge in [-0.25, -0.2) is 8.42 Å². The summed E-state index contributed by atoms with van der Waals surface area (Å²) in [7, 11) is -1.81. The highest BCUT2D eigenvalue weighted by Crippen LogP contribution is 2.38. The lowest BCUT2D eigenvalue weighted by Gasteiger charge is -2.45. The lowest BCUT2D eigenvalue weighted by Crippen LogP contribution is -2.50. The number of benzene rings is 1. The predicted octanol–water partition coefficient (Wildman–Crippen LogP) is 2.73. The third-order valence-corrected chi connectivity index (χ3v) is 6.82. The van der Waals surface area contributed by atoms with Gasteiger partial charge in [0.1, 0.15) is 11.3 Å². The Morgan fingerprint density at radius 2 is 1.90 bits per heavy atom. The highest BCUT2D eigenvalue weighted by atomic mass is 32.2. The predicted molar refractivity (Wildman–Crippen MR) is 79.7 cm³/mol. The summed E-state index contributed by atoms with van der Waals surface area (Å²) in [5.74, 6) is 0. The van der Waals surface area contributed by atoms with E-state index in [1.54, 1.807) is 37.4 Å². The highest BCUT2D eigenvalue weighted by molar-refractivity contribution is 7.92. The first-order valence-corrected chi connectivity index (χ1v) is 8.72. The summed E-state index contributed by atoms with van der Waals surface area (Å²) in [5, 5.41) is 12.1. The van der Waals surface area contributed by atoms with Crippen LogP contribution in [0.25, 0.3) is 0 Å². The number of nitrogens with zero attached hydrogens (tertiary/aromatic N) is 1. The molecule has 1 aromatic carbocycles. The summed E-state index contributed by atoms with van der Waals surface area (Å²) in [6.07, 6.45) is 1.93. The second-order valence-electron chi connectivity index (χ2n) is 5.90. The number of sulfone groups is 1. The van der Waals surface area contributed by atoms with Crippen molar-refractivity contribution in [1.29, 1.82) is 0 Å². The molecule has 4 atom stereocenters. The van der Waals surface area contributed by atoms with E-state index in [4.69, 9.17) is 0 Å². The number of hydrogen-bond donors (Lipinski definition) is 0. The summed E-state index contributed by atoms with van der Waals surface area (Å²) in [5.41, 5.74) is 0. The Morgan fingerprint density at radius 3 is 2.45 bits per heavy atom. The van der Waals surface area contributed by atoms with Crippen LogP contribution >= 0.6 is 0 Å². The third-order valence-electron chi connectivity index (χ3n) is 4.59. The van der Waals surface area contributed by atoms with Crippen molar-refractivity contribution in [2.24, 2.45) is 0 Å². The smallest absolute Gasteiger partial charge is 0.187 e. The van der Waals surface area contributed by atoms with Gasteiger partial charge in [0.25, 0.3) is 0 Å². The Bertz CT molecular complexity index is 554. The molecule has 0 unspecified atom stereocenters. The molecule has 2 rings (SSSR count). The molecular formula is C15H23NO3S. The van der Waals surface area contributed by atoms with Gasteiger partial charge >= 0.3 is 0 Å². The third kappa shape index (κ3) is 2.50. The lowest BCUT2D eigenvalue weighted by atomic mass is 10.1. The first kappa shape index (κ1) is 15.5. The summed E-state index contributed by atoms with van der Waals surface area (Å²) < 4.78 is 25.2. The molecule has 1 fully saturated rings. The monoisotopic (exact) mass is 297 g/mol. The van der Waals surface area contributed by atoms with E-state index in [-0.39, 0.29) is 12.1 Å². The standard InChI is InChI=1S/C15H23NO3S/c1-4-8-14-15(11-12(2)16(14,3)17)20(18,19)13-9-6-5-7-10-13/h5-7,9-10,12,14-15H,4,8,11H2,1-3H3/t12-,14-,15-,16-/m0/s1. The quantitative estimate of drug-likeness (QED) is 0.634. The molecule has 0 radical (unpaired) electrons. The van der Waals surface area contributed by atoms with Crippen LogP contribution in [0.1, 0.15) is 33.1 Å². The fraction of sp³-hybridized carbons (Fsp3) is 0.600. The van der Waals surface area contributed by atoms with Gasteiger partial charge in [-0.3, -0.25) is 0 Å². The van der Waals surface area contributed by atoms with Gasteiger partial charge < -0.3 is 9.85 Å². The maximum atomic E-state index is 12.8. The fourth-order valence-corrected chi connectivity index (χ4v) is 5.43. The van der Waals surface area contributed by atoms with Crippen LogP contribution in [0.4, 0.5) is 0 Å². The summed E-state index contributed by atoms with van der Waals surface area (Å²) in [4.78, 5) is 0.334. The highest BCUT2D eigenvalue weighted by Gasteiger charge is 2.51. The normalized spacial score (nSPS) is 34.3. The molecular weight excluding hydrogens is 274 g/mol. The SMILES string of the molecule is CCC[C@H]1[C@@H](S(=O)(=O)c2ccccc2)C[C@H](C)[N@+]1(C)[O-]. The van der Waals surface area contributed by atoms with E-state index in [1.165, 1.54) is 0 Å². The molecule has 0 bridgehead atoms. The number of likely N-dealkylation sites (tertiary alicyclic amines) is 1. The largest absolute Gasteiger partial charge is 0.633 e. The van der Waals surface area contributed by atoms with Crippen molar-refractivity contribution >= 4 is 9.84 Å². The molecule has 20 heavy (non-hydrogen) atoms. The van der Waals surface area contributed by atoms with E-state index in [0.29, 0.717) is 17.7 Å². The van der Waals surface area contributed by atoms with Gasteiger partial charge in [-0.05, 0) is 19.1 Å². The van der Waals surface area contributed by atoms with E-state index >= 15 is 0 Å². The Balaban J connectivity index is 2.41. The Morgan fingerprint density at radius 1 is 1.30 bits per heavy atom. The molecule has 1 aliphatic heterocycles. The summed E-state index contributed by atoms with van der Waals surface area (Å²) >= 11 is 0. The van der Waals surface area contributed by atoms with Crippen molar-refractivity contribution in [1.82, 2.24) is 0 Å². The van der Waals surface area contributed by atoms with E-state index in [1.807, 2.05) is 13.8 Å². The van der Waals surface area contributed by atoms with Crippen LogP contribution in [-0.2, 0) is 9.84 Å². The van der Waals surface area contributed by atoms with Crippen molar-refractivity contribution in [2.45, 2.75) is 55.3 Å². The zero-order valence-corrected chi connectivity index (χ0v) is 13.1. The van der Waals surface area contributed by atoms with Crippen molar-refractivity contribution in [3.05, 3.63) is 35.5 Å². The molecule has 1 saturated heterocycles. The Labute approximate surface area is 121 Å². The second-order valence-corrected chi connectivity index (χ2v) is 8.06. The molecule has 5 heteroatoms. The topological polar surface area (TPSA) is 57.2 Å². The molecule has 0 saturated carbocycles. The van der Waals surface area contributed by atoms with E-state index < -0.39 is 19.7 Å². The molecule has 1 aromatic rings. The molecule has 0 N–H and O–H groups in total. The van der Waals surface area contributed by atoms with Gasteiger partial charge in [-0.15, -0.1) is 0 Å². The maximum absolute atomic E-state index is 12.8. The minimum absolute atomic E-state index is 0.171. The van der Waals surface area contributed by atoms with Gasteiger partial charge in [-0.2, -0.15) is 0 Å². The fourth-order valence-electron chi connectivity index (χ4n) is 3.22. The van der Waals surface area contributed by atoms with Crippen LogP contribution in [0.3, 0.4) is 0 Å². The molecule has 0 spiro atoms. The molecule has 4 nitrogen and oxygen atoms in total.